The van der Waals surface area contributed by atoms with Crippen LogP contribution in [0.1, 0.15) is 30.9 Å². The number of rotatable bonds is 7. The lowest BCUT2D eigenvalue weighted by Gasteiger charge is -2.19. The van der Waals surface area contributed by atoms with Gasteiger partial charge in [0.25, 0.3) is 0 Å². The molecule has 102 valence electrons. The first-order valence-corrected chi connectivity index (χ1v) is 6.49. The molecule has 18 heavy (non-hydrogen) atoms. The summed E-state index contributed by atoms with van der Waals surface area (Å²) in [6.07, 6.45) is 0.0456. The predicted molar refractivity (Wildman–Crippen MR) is 75.5 cm³/mol. The van der Waals surface area contributed by atoms with Crippen LogP contribution in [0.5, 0.6) is 5.75 Å². The fourth-order valence-corrected chi connectivity index (χ4v) is 2.11. The summed E-state index contributed by atoms with van der Waals surface area (Å²) in [5.74, 6) is 1.46. The van der Waals surface area contributed by atoms with Crippen LogP contribution in [0.4, 0.5) is 0 Å². The molecule has 1 atom stereocenters. The van der Waals surface area contributed by atoms with Crippen LogP contribution in [0.2, 0.25) is 0 Å². The van der Waals surface area contributed by atoms with Crippen molar-refractivity contribution in [2.75, 3.05) is 27.3 Å². The van der Waals surface area contributed by atoms with Crippen LogP contribution in [0.15, 0.2) is 18.2 Å². The Morgan fingerprint density at radius 1 is 1.28 bits per heavy atom. The van der Waals surface area contributed by atoms with E-state index in [1.807, 2.05) is 13.1 Å². The van der Waals surface area contributed by atoms with Crippen molar-refractivity contribution in [1.29, 1.82) is 0 Å². The van der Waals surface area contributed by atoms with Gasteiger partial charge in [0.2, 0.25) is 0 Å². The van der Waals surface area contributed by atoms with Crippen molar-refractivity contribution in [3.8, 4) is 5.75 Å². The third-order valence-electron chi connectivity index (χ3n) is 2.95. The topological polar surface area (TPSA) is 30.5 Å². The van der Waals surface area contributed by atoms with Gasteiger partial charge in [-0.1, -0.05) is 19.9 Å². The lowest BCUT2D eigenvalue weighted by atomic mass is 9.98. The highest BCUT2D eigenvalue weighted by atomic mass is 16.5. The molecule has 0 aliphatic heterocycles. The number of aryl methyl sites for hydroxylation is 1. The second kappa shape index (κ2) is 7.39. The zero-order valence-electron chi connectivity index (χ0n) is 12.1. The normalized spacial score (nSPS) is 12.8. The highest BCUT2D eigenvalue weighted by Crippen LogP contribution is 2.24. The molecule has 0 aliphatic rings. The van der Waals surface area contributed by atoms with Gasteiger partial charge in [-0.25, -0.2) is 0 Å². The van der Waals surface area contributed by atoms with Crippen LogP contribution in [0.25, 0.3) is 0 Å². The van der Waals surface area contributed by atoms with Crippen LogP contribution in [-0.4, -0.2) is 33.4 Å². The first-order chi connectivity index (χ1) is 8.58. The SMILES string of the molecule is CNCC(COC)Oc1ccc(C(C)C)c(C)c1. The van der Waals surface area contributed by atoms with Crippen molar-refractivity contribution < 1.29 is 9.47 Å². The third-order valence-corrected chi connectivity index (χ3v) is 2.95. The van der Waals surface area contributed by atoms with Crippen LogP contribution >= 0.6 is 0 Å². The Morgan fingerprint density at radius 3 is 2.50 bits per heavy atom. The quantitative estimate of drug-likeness (QED) is 0.808. The molecule has 3 heteroatoms. The number of nitrogens with one attached hydrogen (secondary N) is 1. The summed E-state index contributed by atoms with van der Waals surface area (Å²) in [5.41, 5.74) is 2.65. The molecule has 0 fully saturated rings. The molecule has 0 radical (unpaired) electrons. The molecule has 0 bridgehead atoms. The summed E-state index contributed by atoms with van der Waals surface area (Å²) in [6, 6.07) is 6.30. The van der Waals surface area contributed by atoms with Gasteiger partial charge in [0.05, 0.1) is 6.61 Å². The van der Waals surface area contributed by atoms with Crippen molar-refractivity contribution in [1.82, 2.24) is 5.32 Å². The Kier molecular flexibility index (Phi) is 6.16. The summed E-state index contributed by atoms with van der Waals surface area (Å²) >= 11 is 0. The van der Waals surface area contributed by atoms with Crippen molar-refractivity contribution in [3.63, 3.8) is 0 Å². The maximum Gasteiger partial charge on any atom is 0.134 e. The highest BCUT2D eigenvalue weighted by Gasteiger charge is 2.11. The van der Waals surface area contributed by atoms with E-state index in [2.05, 4.69) is 38.2 Å². The van der Waals surface area contributed by atoms with Gasteiger partial charge in [-0.2, -0.15) is 0 Å². The lowest BCUT2D eigenvalue weighted by Crippen LogP contribution is -2.33. The van der Waals surface area contributed by atoms with E-state index in [1.165, 1.54) is 11.1 Å². The summed E-state index contributed by atoms with van der Waals surface area (Å²) in [7, 11) is 3.61. The maximum atomic E-state index is 5.92. The Bertz CT molecular complexity index is 358. The van der Waals surface area contributed by atoms with Gasteiger partial charge in [0.15, 0.2) is 0 Å². The van der Waals surface area contributed by atoms with Crippen LogP contribution in [-0.2, 0) is 4.74 Å². The molecule has 0 saturated heterocycles. The van der Waals surface area contributed by atoms with Crippen LogP contribution in [0, 0.1) is 6.92 Å². The summed E-state index contributed by atoms with van der Waals surface area (Å²) < 4.78 is 11.1. The average molecular weight is 251 g/mol. The standard InChI is InChI=1S/C15H25NO2/c1-11(2)15-7-6-13(8-12(15)3)18-14(9-16-4)10-17-5/h6-8,11,14,16H,9-10H2,1-5H3. The number of benzene rings is 1. The monoisotopic (exact) mass is 251 g/mol. The Morgan fingerprint density at radius 2 is 2.00 bits per heavy atom. The van der Waals surface area contributed by atoms with E-state index in [0.717, 1.165) is 12.3 Å². The van der Waals surface area contributed by atoms with Gasteiger partial charge in [0, 0.05) is 13.7 Å². The molecule has 0 heterocycles. The molecule has 0 aromatic heterocycles. The van der Waals surface area contributed by atoms with E-state index < -0.39 is 0 Å². The average Bonchev–Trinajstić information content (AvgIpc) is 2.29. The van der Waals surface area contributed by atoms with Gasteiger partial charge < -0.3 is 14.8 Å². The fraction of sp³-hybridized carbons (Fsp3) is 0.600. The minimum atomic E-state index is 0.0456. The largest absolute Gasteiger partial charge is 0.487 e. The highest BCUT2D eigenvalue weighted by molar-refractivity contribution is 5.36. The fourth-order valence-electron chi connectivity index (χ4n) is 2.11. The molecule has 0 aliphatic carbocycles. The minimum Gasteiger partial charge on any atom is -0.487 e. The van der Waals surface area contributed by atoms with Gasteiger partial charge in [-0.3, -0.25) is 0 Å². The second-order valence-electron chi connectivity index (χ2n) is 4.93. The zero-order valence-corrected chi connectivity index (χ0v) is 12.1. The summed E-state index contributed by atoms with van der Waals surface area (Å²) in [5, 5.41) is 3.11. The number of hydrogen-bond donors (Lipinski definition) is 1. The number of methoxy groups -OCH3 is 1. The van der Waals surface area contributed by atoms with Crippen molar-refractivity contribution in [3.05, 3.63) is 29.3 Å². The Hall–Kier alpha value is -1.06. The molecule has 1 rings (SSSR count). The Balaban J connectivity index is 2.74. The predicted octanol–water partition coefficient (Wildman–Crippen LogP) is 2.73. The molecular formula is C15H25NO2. The molecular weight excluding hydrogens is 226 g/mol. The van der Waals surface area contributed by atoms with Crippen LogP contribution in [0.3, 0.4) is 0 Å². The van der Waals surface area contributed by atoms with E-state index in [0.29, 0.717) is 12.5 Å². The van der Waals surface area contributed by atoms with E-state index in [1.54, 1.807) is 7.11 Å². The third kappa shape index (κ3) is 4.31. The van der Waals surface area contributed by atoms with E-state index in [9.17, 15) is 0 Å². The van der Waals surface area contributed by atoms with Gasteiger partial charge >= 0.3 is 0 Å². The maximum absolute atomic E-state index is 5.92. The lowest BCUT2D eigenvalue weighted by molar-refractivity contribution is 0.0818. The second-order valence-corrected chi connectivity index (χ2v) is 4.93. The first kappa shape index (κ1) is 15.0. The molecule has 0 saturated carbocycles. The van der Waals surface area contributed by atoms with Crippen LogP contribution < -0.4 is 10.1 Å². The van der Waals surface area contributed by atoms with Crippen molar-refractivity contribution >= 4 is 0 Å². The van der Waals surface area contributed by atoms with E-state index >= 15 is 0 Å². The van der Waals surface area contributed by atoms with Crippen molar-refractivity contribution in [2.24, 2.45) is 0 Å². The van der Waals surface area contributed by atoms with Gasteiger partial charge in [-0.15, -0.1) is 0 Å². The number of likely N-dealkylation sites (N-methyl/N-ethyl adjacent to an activating group) is 1. The first-order valence-electron chi connectivity index (χ1n) is 6.49. The molecule has 1 unspecified atom stereocenters. The number of hydrogen-bond acceptors (Lipinski definition) is 3. The molecule has 3 nitrogen and oxygen atoms in total. The molecule has 0 amide bonds. The molecule has 1 aromatic rings. The smallest absolute Gasteiger partial charge is 0.134 e. The summed E-state index contributed by atoms with van der Waals surface area (Å²) in [4.78, 5) is 0. The zero-order chi connectivity index (χ0) is 13.5. The van der Waals surface area contributed by atoms with Gasteiger partial charge in [0.1, 0.15) is 11.9 Å². The van der Waals surface area contributed by atoms with Crippen molar-refractivity contribution in [2.45, 2.75) is 32.8 Å². The van der Waals surface area contributed by atoms with E-state index in [-0.39, 0.29) is 6.10 Å². The Labute approximate surface area is 110 Å². The van der Waals surface area contributed by atoms with Gasteiger partial charge in [-0.05, 0) is 43.1 Å². The molecule has 1 aromatic carbocycles. The van der Waals surface area contributed by atoms with E-state index in [4.69, 9.17) is 9.47 Å². The molecule has 1 N–H and O–H groups in total. The molecule has 0 spiro atoms. The minimum absolute atomic E-state index is 0.0456. The summed E-state index contributed by atoms with van der Waals surface area (Å²) in [6.45, 7) is 7.91. The number of ether oxygens (including phenoxy) is 2.